The predicted molar refractivity (Wildman–Crippen MR) is 245 cm³/mol. The van der Waals surface area contributed by atoms with E-state index in [9.17, 15) is 0 Å². The van der Waals surface area contributed by atoms with E-state index in [-0.39, 0.29) is 0 Å². The third kappa shape index (κ3) is 5.16. The largest absolute Gasteiger partial charge is 0.456 e. The van der Waals surface area contributed by atoms with Gasteiger partial charge in [0.15, 0.2) is 0 Å². The lowest BCUT2D eigenvalue weighted by atomic mass is 9.67. The second kappa shape index (κ2) is 13.4. The molecule has 0 N–H and O–H groups in total. The molecule has 2 aliphatic rings. The molecule has 0 fully saturated rings. The van der Waals surface area contributed by atoms with Crippen LogP contribution < -0.4 is 9.80 Å². The van der Waals surface area contributed by atoms with Gasteiger partial charge in [0.1, 0.15) is 11.2 Å². The van der Waals surface area contributed by atoms with E-state index in [4.69, 9.17) is 4.42 Å². The van der Waals surface area contributed by atoms with Gasteiger partial charge in [0.2, 0.25) is 0 Å². The second-order valence-electron chi connectivity index (χ2n) is 15.3. The Bertz CT molecular complexity index is 3130. The van der Waals surface area contributed by atoms with Gasteiger partial charge in [0.25, 0.3) is 0 Å². The standard InChI is InChI=1S/C55H36N2OS/c1-4-16-37(17-5-1)56(38-18-6-2-7-19-38)42-28-31-45-46-34-40(29-32-51(46)58-52(45)36-42)57(39-20-8-3-9-21-39)41-30-33-54-50(35-41)55(49-26-14-15-27-53(49)59-54)47-24-12-10-22-43(47)44-23-11-13-25-48(44)55/h1-36H. The van der Waals surface area contributed by atoms with E-state index in [1.807, 2.05) is 11.8 Å². The molecule has 0 saturated carbocycles. The van der Waals surface area contributed by atoms with Gasteiger partial charge in [-0.05, 0) is 124 Å². The zero-order chi connectivity index (χ0) is 38.9. The molecule has 0 saturated heterocycles. The first-order chi connectivity index (χ1) is 29.3. The summed E-state index contributed by atoms with van der Waals surface area (Å²) in [6, 6.07) is 79.0. The first-order valence-electron chi connectivity index (χ1n) is 20.1. The van der Waals surface area contributed by atoms with Crippen LogP contribution in [0.5, 0.6) is 0 Å². The summed E-state index contributed by atoms with van der Waals surface area (Å²) < 4.78 is 6.65. The van der Waals surface area contributed by atoms with Gasteiger partial charge in [-0.3, -0.25) is 0 Å². The maximum absolute atomic E-state index is 6.65. The van der Waals surface area contributed by atoms with Crippen LogP contribution in [0.15, 0.2) is 233 Å². The first-order valence-corrected chi connectivity index (χ1v) is 20.9. The van der Waals surface area contributed by atoms with Gasteiger partial charge in [0.05, 0.1) is 5.41 Å². The number of anilines is 6. The molecule has 0 atom stereocenters. The summed E-state index contributed by atoms with van der Waals surface area (Å²) in [7, 11) is 0. The second-order valence-corrected chi connectivity index (χ2v) is 16.3. The summed E-state index contributed by atoms with van der Waals surface area (Å²) in [6.07, 6.45) is 0. The topological polar surface area (TPSA) is 19.6 Å². The summed E-state index contributed by atoms with van der Waals surface area (Å²) in [6.45, 7) is 0. The number of hydrogen-bond acceptors (Lipinski definition) is 4. The minimum absolute atomic E-state index is 0.460. The lowest BCUT2D eigenvalue weighted by molar-refractivity contribution is 0.669. The first kappa shape index (κ1) is 33.8. The number of hydrogen-bond donors (Lipinski definition) is 0. The molecule has 0 bridgehead atoms. The molecule has 3 nitrogen and oxygen atoms in total. The molecule has 1 aromatic heterocycles. The number of furan rings is 1. The zero-order valence-corrected chi connectivity index (χ0v) is 32.8. The molecule has 0 unspecified atom stereocenters. The third-order valence-electron chi connectivity index (χ3n) is 12.1. The number of fused-ring (bicyclic) bond motifs is 12. The van der Waals surface area contributed by atoms with Crippen LogP contribution in [0.1, 0.15) is 22.3 Å². The molecule has 1 aliphatic carbocycles. The Morgan fingerprint density at radius 1 is 0.322 bits per heavy atom. The van der Waals surface area contributed by atoms with Crippen LogP contribution in [0, 0.1) is 0 Å². The van der Waals surface area contributed by atoms with Crippen LogP contribution in [0.3, 0.4) is 0 Å². The smallest absolute Gasteiger partial charge is 0.137 e. The van der Waals surface area contributed by atoms with Crippen molar-refractivity contribution in [1.82, 2.24) is 0 Å². The Morgan fingerprint density at radius 3 is 1.44 bits per heavy atom. The van der Waals surface area contributed by atoms with Gasteiger partial charge in [-0.1, -0.05) is 133 Å². The van der Waals surface area contributed by atoms with Crippen molar-refractivity contribution in [2.24, 2.45) is 0 Å². The minimum atomic E-state index is -0.460. The summed E-state index contributed by atoms with van der Waals surface area (Å²) in [5.74, 6) is 0. The molecule has 1 aliphatic heterocycles. The Kier molecular flexibility index (Phi) is 7.69. The lowest BCUT2D eigenvalue weighted by Gasteiger charge is -2.40. The molecule has 0 radical (unpaired) electrons. The Balaban J connectivity index is 1.03. The van der Waals surface area contributed by atoms with Gasteiger partial charge in [-0.15, -0.1) is 0 Å². The van der Waals surface area contributed by atoms with E-state index in [1.54, 1.807) is 0 Å². The summed E-state index contributed by atoms with van der Waals surface area (Å²) >= 11 is 1.87. The van der Waals surface area contributed by atoms with Crippen molar-refractivity contribution in [3.8, 4) is 11.1 Å². The molecule has 0 amide bonds. The van der Waals surface area contributed by atoms with E-state index >= 15 is 0 Å². The van der Waals surface area contributed by atoms with Gasteiger partial charge in [0, 0.05) is 60.8 Å². The molecule has 12 rings (SSSR count). The van der Waals surface area contributed by atoms with E-state index in [0.29, 0.717) is 0 Å². The number of nitrogens with zero attached hydrogens (tertiary/aromatic N) is 2. The summed E-state index contributed by atoms with van der Waals surface area (Å²) in [5.41, 5.74) is 15.6. The molecular weight excluding hydrogens is 737 g/mol. The van der Waals surface area contributed by atoms with Crippen molar-refractivity contribution < 1.29 is 4.42 Å². The monoisotopic (exact) mass is 772 g/mol. The quantitative estimate of drug-likeness (QED) is 0.168. The highest BCUT2D eigenvalue weighted by Gasteiger charge is 2.50. The van der Waals surface area contributed by atoms with Crippen molar-refractivity contribution in [2.75, 3.05) is 9.80 Å². The fourth-order valence-corrected chi connectivity index (χ4v) is 10.8. The minimum Gasteiger partial charge on any atom is -0.456 e. The van der Waals surface area contributed by atoms with Crippen LogP contribution in [0.4, 0.5) is 34.1 Å². The highest BCUT2D eigenvalue weighted by atomic mass is 32.2. The third-order valence-corrected chi connectivity index (χ3v) is 13.2. The lowest BCUT2D eigenvalue weighted by Crippen LogP contribution is -2.32. The van der Waals surface area contributed by atoms with Crippen molar-refractivity contribution in [3.63, 3.8) is 0 Å². The Morgan fingerprint density at radius 2 is 0.797 bits per heavy atom. The molecule has 59 heavy (non-hydrogen) atoms. The molecular formula is C55H36N2OS. The molecule has 10 aromatic rings. The Hall–Kier alpha value is -7.27. The average Bonchev–Trinajstić information content (AvgIpc) is 3.81. The fourth-order valence-electron chi connectivity index (χ4n) is 9.64. The van der Waals surface area contributed by atoms with Crippen molar-refractivity contribution in [1.29, 1.82) is 0 Å². The number of benzene rings is 9. The van der Waals surface area contributed by atoms with E-state index in [0.717, 1.165) is 56.1 Å². The maximum atomic E-state index is 6.65. The number of rotatable bonds is 6. The van der Waals surface area contributed by atoms with Gasteiger partial charge < -0.3 is 14.2 Å². The predicted octanol–water partition coefficient (Wildman–Crippen LogP) is 15.4. The normalized spacial score (nSPS) is 13.2. The van der Waals surface area contributed by atoms with Crippen LogP contribution in [-0.2, 0) is 5.41 Å². The van der Waals surface area contributed by atoms with Crippen molar-refractivity contribution in [2.45, 2.75) is 15.2 Å². The number of para-hydroxylation sites is 3. The van der Waals surface area contributed by atoms with Crippen molar-refractivity contribution >= 4 is 67.8 Å². The summed E-state index contributed by atoms with van der Waals surface area (Å²) in [4.78, 5) is 7.25. The maximum Gasteiger partial charge on any atom is 0.137 e. The van der Waals surface area contributed by atoms with Gasteiger partial charge in [-0.2, -0.15) is 0 Å². The average molecular weight is 773 g/mol. The van der Waals surface area contributed by atoms with Gasteiger partial charge >= 0.3 is 0 Å². The highest BCUT2D eigenvalue weighted by Crippen LogP contribution is 2.62. The highest BCUT2D eigenvalue weighted by molar-refractivity contribution is 7.99. The van der Waals surface area contributed by atoms with E-state index < -0.39 is 5.41 Å². The van der Waals surface area contributed by atoms with Crippen LogP contribution in [0.25, 0.3) is 33.1 Å². The summed E-state index contributed by atoms with van der Waals surface area (Å²) in [5, 5.41) is 2.16. The van der Waals surface area contributed by atoms with Crippen molar-refractivity contribution in [3.05, 3.63) is 241 Å². The van der Waals surface area contributed by atoms with Crippen LogP contribution in [0.2, 0.25) is 0 Å². The molecule has 9 aromatic carbocycles. The molecule has 278 valence electrons. The Labute approximate surface area is 347 Å². The van der Waals surface area contributed by atoms with Crippen LogP contribution >= 0.6 is 11.8 Å². The van der Waals surface area contributed by atoms with E-state index in [1.165, 1.54) is 43.2 Å². The van der Waals surface area contributed by atoms with Gasteiger partial charge in [-0.25, -0.2) is 0 Å². The van der Waals surface area contributed by atoms with E-state index in [2.05, 4.69) is 228 Å². The fraction of sp³-hybridized carbons (Fsp3) is 0.0182. The molecule has 2 heterocycles. The van der Waals surface area contributed by atoms with Crippen LogP contribution in [-0.4, -0.2) is 0 Å². The zero-order valence-electron chi connectivity index (χ0n) is 32.0. The molecule has 1 spiro atoms. The SMILES string of the molecule is c1ccc(N(c2ccccc2)c2ccc3c(c2)oc2ccc(N(c4ccccc4)c4ccc5c(c4)C4(c6ccccc6S5)c5ccccc5-c5ccccc54)cc23)cc1. The molecule has 4 heteroatoms.